The predicted octanol–water partition coefficient (Wildman–Crippen LogP) is 3.08. The minimum atomic E-state index is 0.557. The maximum Gasteiger partial charge on any atom is 0.136 e. The molecule has 0 aromatic heterocycles. The van der Waals surface area contributed by atoms with E-state index < -0.39 is 0 Å². The number of carbonyl (C=O) groups is 1. The van der Waals surface area contributed by atoms with Gasteiger partial charge in [-0.1, -0.05) is 6.07 Å². The monoisotopic (exact) mass is 282 g/mol. The van der Waals surface area contributed by atoms with E-state index in [1.807, 2.05) is 0 Å². The van der Waals surface area contributed by atoms with Crippen LogP contribution in [0.5, 0.6) is 5.75 Å². The Labute approximate surface area is 104 Å². The molecule has 16 heavy (non-hydrogen) atoms. The molecule has 1 aromatic rings. The van der Waals surface area contributed by atoms with Gasteiger partial charge in [0.05, 0.1) is 11.6 Å². The zero-order valence-corrected chi connectivity index (χ0v) is 11.0. The standard InChI is InChI=1S/C13H15BrO2/c1-16-13-10(5-3-7-15)8-9-4-2-6-11(9)12(13)14/h7-8H,2-6H2,1H3. The Hall–Kier alpha value is -0.830. The Morgan fingerprint density at radius 3 is 3.00 bits per heavy atom. The average Bonchev–Trinajstić information content (AvgIpc) is 2.75. The van der Waals surface area contributed by atoms with Crippen LogP contribution in [0.2, 0.25) is 0 Å². The molecule has 2 rings (SSSR count). The van der Waals surface area contributed by atoms with Crippen LogP contribution in [0, 0.1) is 0 Å². The number of aldehydes is 1. The summed E-state index contributed by atoms with van der Waals surface area (Å²) >= 11 is 3.62. The Morgan fingerprint density at radius 1 is 1.50 bits per heavy atom. The molecule has 0 radical (unpaired) electrons. The van der Waals surface area contributed by atoms with E-state index in [0.717, 1.165) is 41.3 Å². The van der Waals surface area contributed by atoms with Crippen molar-refractivity contribution in [2.75, 3.05) is 7.11 Å². The van der Waals surface area contributed by atoms with Gasteiger partial charge in [-0.2, -0.15) is 0 Å². The van der Waals surface area contributed by atoms with E-state index in [2.05, 4.69) is 22.0 Å². The van der Waals surface area contributed by atoms with Gasteiger partial charge in [-0.3, -0.25) is 0 Å². The van der Waals surface area contributed by atoms with Gasteiger partial charge >= 0.3 is 0 Å². The summed E-state index contributed by atoms with van der Waals surface area (Å²) < 4.78 is 6.52. The molecule has 0 unspecified atom stereocenters. The normalized spacial score (nSPS) is 13.6. The summed E-state index contributed by atoms with van der Waals surface area (Å²) in [5.74, 6) is 0.905. The molecule has 0 spiro atoms. The maximum absolute atomic E-state index is 10.4. The van der Waals surface area contributed by atoms with Crippen LogP contribution >= 0.6 is 15.9 Å². The molecule has 0 fully saturated rings. The molecule has 0 saturated heterocycles. The lowest BCUT2D eigenvalue weighted by Gasteiger charge is -2.13. The number of hydrogen-bond donors (Lipinski definition) is 0. The van der Waals surface area contributed by atoms with Crippen LogP contribution in [0.1, 0.15) is 29.5 Å². The highest BCUT2D eigenvalue weighted by Crippen LogP contribution is 2.39. The van der Waals surface area contributed by atoms with Gasteiger partial charge in [0, 0.05) is 6.42 Å². The van der Waals surface area contributed by atoms with Gasteiger partial charge in [0.2, 0.25) is 0 Å². The predicted molar refractivity (Wildman–Crippen MR) is 67.1 cm³/mol. The number of halogens is 1. The molecule has 0 N–H and O–H groups in total. The zero-order valence-electron chi connectivity index (χ0n) is 9.38. The number of aryl methyl sites for hydroxylation is 2. The van der Waals surface area contributed by atoms with Gasteiger partial charge in [-0.05, 0) is 58.3 Å². The first-order valence-corrected chi connectivity index (χ1v) is 6.38. The highest BCUT2D eigenvalue weighted by molar-refractivity contribution is 9.10. The van der Waals surface area contributed by atoms with E-state index in [1.165, 1.54) is 17.5 Å². The van der Waals surface area contributed by atoms with Crippen LogP contribution in [0.4, 0.5) is 0 Å². The van der Waals surface area contributed by atoms with Crippen LogP contribution in [-0.2, 0) is 24.1 Å². The number of carbonyl (C=O) groups excluding carboxylic acids is 1. The van der Waals surface area contributed by atoms with Crippen LogP contribution in [0.3, 0.4) is 0 Å². The summed E-state index contributed by atoms with van der Waals surface area (Å²) in [6.07, 6.45) is 5.77. The smallest absolute Gasteiger partial charge is 0.136 e. The molecule has 0 bridgehead atoms. The zero-order chi connectivity index (χ0) is 11.5. The quantitative estimate of drug-likeness (QED) is 0.794. The first kappa shape index (κ1) is 11.6. The second-order valence-corrected chi connectivity index (χ2v) is 4.87. The fourth-order valence-corrected chi connectivity index (χ4v) is 3.22. The molecule has 1 aromatic carbocycles. The summed E-state index contributed by atoms with van der Waals surface area (Å²) in [7, 11) is 1.69. The van der Waals surface area contributed by atoms with Crippen molar-refractivity contribution in [2.24, 2.45) is 0 Å². The molecule has 0 heterocycles. The molecule has 86 valence electrons. The number of methoxy groups -OCH3 is 1. The van der Waals surface area contributed by atoms with Crippen molar-refractivity contribution in [3.63, 3.8) is 0 Å². The summed E-state index contributed by atoms with van der Waals surface area (Å²) in [5.41, 5.74) is 3.93. The van der Waals surface area contributed by atoms with Gasteiger partial charge in [0.1, 0.15) is 12.0 Å². The van der Waals surface area contributed by atoms with Gasteiger partial charge in [0.15, 0.2) is 0 Å². The summed E-state index contributed by atoms with van der Waals surface area (Å²) in [5, 5.41) is 0. The van der Waals surface area contributed by atoms with E-state index in [-0.39, 0.29) is 0 Å². The van der Waals surface area contributed by atoms with Crippen molar-refractivity contribution in [2.45, 2.75) is 32.1 Å². The molecule has 0 amide bonds. The van der Waals surface area contributed by atoms with E-state index in [0.29, 0.717) is 6.42 Å². The molecule has 0 aliphatic heterocycles. The summed E-state index contributed by atoms with van der Waals surface area (Å²) in [4.78, 5) is 10.4. The second-order valence-electron chi connectivity index (χ2n) is 4.08. The SMILES string of the molecule is COc1c(CCC=O)cc2c(c1Br)CCC2. The van der Waals surface area contributed by atoms with Crippen molar-refractivity contribution in [1.82, 2.24) is 0 Å². The van der Waals surface area contributed by atoms with E-state index in [9.17, 15) is 4.79 Å². The molecule has 2 nitrogen and oxygen atoms in total. The largest absolute Gasteiger partial charge is 0.495 e. The van der Waals surface area contributed by atoms with Crippen molar-refractivity contribution in [3.05, 3.63) is 27.2 Å². The van der Waals surface area contributed by atoms with E-state index >= 15 is 0 Å². The fourth-order valence-electron chi connectivity index (χ4n) is 2.35. The van der Waals surface area contributed by atoms with Crippen LogP contribution in [0.25, 0.3) is 0 Å². The van der Waals surface area contributed by atoms with Crippen LogP contribution in [0.15, 0.2) is 10.5 Å². The second kappa shape index (κ2) is 5.00. The molecular formula is C13H15BrO2. The lowest BCUT2D eigenvalue weighted by Crippen LogP contribution is -1.98. The number of benzene rings is 1. The molecule has 0 atom stereocenters. The van der Waals surface area contributed by atoms with E-state index in [1.54, 1.807) is 7.11 Å². The molecule has 0 saturated carbocycles. The maximum atomic E-state index is 10.4. The molecule has 1 aliphatic carbocycles. The first-order valence-electron chi connectivity index (χ1n) is 5.58. The Morgan fingerprint density at radius 2 is 2.31 bits per heavy atom. The third kappa shape index (κ3) is 2.01. The number of rotatable bonds is 4. The van der Waals surface area contributed by atoms with Gasteiger partial charge in [-0.15, -0.1) is 0 Å². The highest BCUT2D eigenvalue weighted by Gasteiger charge is 2.20. The Bertz CT molecular complexity index is 413. The Kier molecular flexibility index (Phi) is 3.64. The minimum absolute atomic E-state index is 0.557. The first-order chi connectivity index (χ1) is 7.77. The van der Waals surface area contributed by atoms with Gasteiger partial charge in [-0.25, -0.2) is 0 Å². The summed E-state index contributed by atoms with van der Waals surface area (Å²) in [6, 6.07) is 2.20. The summed E-state index contributed by atoms with van der Waals surface area (Å²) in [6.45, 7) is 0. The number of fused-ring (bicyclic) bond motifs is 1. The third-order valence-corrected chi connectivity index (χ3v) is 3.94. The molecular weight excluding hydrogens is 268 g/mol. The third-order valence-electron chi connectivity index (χ3n) is 3.10. The highest BCUT2D eigenvalue weighted by atomic mass is 79.9. The number of ether oxygens (including phenoxy) is 1. The van der Waals surface area contributed by atoms with Crippen molar-refractivity contribution in [1.29, 1.82) is 0 Å². The molecule has 3 heteroatoms. The fraction of sp³-hybridized carbons (Fsp3) is 0.462. The van der Waals surface area contributed by atoms with Crippen LogP contribution in [-0.4, -0.2) is 13.4 Å². The van der Waals surface area contributed by atoms with Crippen LogP contribution < -0.4 is 4.74 Å². The Balaban J connectivity index is 2.43. The van der Waals surface area contributed by atoms with Crippen molar-refractivity contribution < 1.29 is 9.53 Å². The van der Waals surface area contributed by atoms with Gasteiger partial charge in [0.25, 0.3) is 0 Å². The topological polar surface area (TPSA) is 26.3 Å². The minimum Gasteiger partial charge on any atom is -0.495 e. The lowest BCUT2D eigenvalue weighted by molar-refractivity contribution is -0.107. The van der Waals surface area contributed by atoms with Gasteiger partial charge < -0.3 is 9.53 Å². The van der Waals surface area contributed by atoms with E-state index in [4.69, 9.17) is 4.74 Å². The molecule has 1 aliphatic rings. The average molecular weight is 283 g/mol. The van der Waals surface area contributed by atoms with Crippen molar-refractivity contribution >= 4 is 22.2 Å². The number of hydrogen-bond acceptors (Lipinski definition) is 2. The van der Waals surface area contributed by atoms with Crippen molar-refractivity contribution in [3.8, 4) is 5.75 Å². The lowest BCUT2D eigenvalue weighted by atomic mass is 10.0.